The van der Waals surface area contributed by atoms with Crippen LogP contribution in [0, 0.1) is 0 Å². The second-order valence-electron chi connectivity index (χ2n) is 7.67. The average molecular weight is 453 g/mol. The molecule has 0 saturated heterocycles. The maximum atomic E-state index is 12.4. The molecule has 5 rings (SSSR count). The van der Waals surface area contributed by atoms with Crippen molar-refractivity contribution in [2.24, 2.45) is 0 Å². The number of aromatic nitrogens is 4. The summed E-state index contributed by atoms with van der Waals surface area (Å²) in [6, 6.07) is 11.6. The molecule has 1 aromatic carbocycles. The first kappa shape index (κ1) is 20.8. The van der Waals surface area contributed by atoms with E-state index in [1.165, 1.54) is 4.70 Å². The minimum absolute atomic E-state index is 0.259. The summed E-state index contributed by atoms with van der Waals surface area (Å²) in [6.45, 7) is 4.00. The lowest BCUT2D eigenvalue weighted by atomic mass is 10.3. The van der Waals surface area contributed by atoms with Crippen molar-refractivity contribution in [3.05, 3.63) is 64.6 Å². The normalized spacial score (nSPS) is 14.4. The van der Waals surface area contributed by atoms with Crippen molar-refractivity contribution in [1.29, 1.82) is 0 Å². The lowest BCUT2D eigenvalue weighted by molar-refractivity contribution is 0.0913. The zero-order valence-electron chi connectivity index (χ0n) is 17.8. The van der Waals surface area contributed by atoms with Gasteiger partial charge in [-0.1, -0.05) is 12.1 Å². The van der Waals surface area contributed by atoms with E-state index in [-0.39, 0.29) is 11.7 Å². The monoisotopic (exact) mass is 452 g/mol. The number of nitrogens with zero attached hydrogens (tertiary/aromatic N) is 5. The van der Waals surface area contributed by atoms with Crippen LogP contribution in [0.2, 0.25) is 0 Å². The lowest BCUT2D eigenvalue weighted by Gasteiger charge is -2.17. The molecular formula is C22H24N6O3S. The van der Waals surface area contributed by atoms with Crippen molar-refractivity contribution in [3.8, 4) is 0 Å². The molecular weight excluding hydrogens is 428 g/mol. The van der Waals surface area contributed by atoms with Crippen LogP contribution < -0.4 is 5.32 Å². The summed E-state index contributed by atoms with van der Waals surface area (Å²) in [5.74, 6) is 2.29. The van der Waals surface area contributed by atoms with Gasteiger partial charge in [0.05, 0.1) is 23.3 Å². The Balaban J connectivity index is 1.19. The zero-order valence-corrected chi connectivity index (χ0v) is 18.6. The quantitative estimate of drug-likeness (QED) is 0.460. The molecule has 0 atom stereocenters. The topological polar surface area (TPSA) is 98.3 Å². The van der Waals surface area contributed by atoms with Crippen LogP contribution in [0.3, 0.4) is 0 Å². The minimum Gasteiger partial charge on any atom is -0.453 e. The van der Waals surface area contributed by atoms with E-state index in [9.17, 15) is 4.79 Å². The molecule has 1 aliphatic rings. The number of benzene rings is 1. The maximum absolute atomic E-state index is 12.4. The van der Waals surface area contributed by atoms with Crippen LogP contribution >= 0.6 is 11.3 Å². The number of hydrogen-bond donors (Lipinski definition) is 1. The Kier molecular flexibility index (Phi) is 5.97. The third-order valence-corrected chi connectivity index (χ3v) is 6.49. The van der Waals surface area contributed by atoms with Crippen LogP contribution in [-0.4, -0.2) is 50.8 Å². The molecule has 10 heteroatoms. The number of furan rings is 1. The van der Waals surface area contributed by atoms with Gasteiger partial charge in [-0.2, -0.15) is 0 Å². The largest absolute Gasteiger partial charge is 0.453 e. The summed E-state index contributed by atoms with van der Waals surface area (Å²) < 4.78 is 13.8. The number of carbonyl (C=O) groups excluding carboxylic acids is 1. The summed E-state index contributed by atoms with van der Waals surface area (Å²) in [6.07, 6.45) is 0.810. The summed E-state index contributed by atoms with van der Waals surface area (Å²) in [5, 5.41) is 12.7. The van der Waals surface area contributed by atoms with Gasteiger partial charge < -0.3 is 19.0 Å². The molecule has 32 heavy (non-hydrogen) atoms. The molecule has 0 saturated carbocycles. The third kappa shape index (κ3) is 4.43. The fourth-order valence-electron chi connectivity index (χ4n) is 3.86. The van der Waals surface area contributed by atoms with Gasteiger partial charge in [-0.25, -0.2) is 4.98 Å². The predicted octanol–water partition coefficient (Wildman–Crippen LogP) is 2.62. The van der Waals surface area contributed by atoms with Gasteiger partial charge in [0.25, 0.3) is 5.91 Å². The summed E-state index contributed by atoms with van der Waals surface area (Å²) in [5.41, 5.74) is 1.06. The molecule has 4 aromatic rings. The number of para-hydroxylation sites is 1. The van der Waals surface area contributed by atoms with Gasteiger partial charge in [-0.3, -0.25) is 9.69 Å². The van der Waals surface area contributed by atoms with Crippen molar-refractivity contribution in [1.82, 2.24) is 30.0 Å². The number of rotatable bonds is 7. The van der Waals surface area contributed by atoms with E-state index in [1.807, 2.05) is 12.1 Å². The average Bonchev–Trinajstić information content (AvgIpc) is 3.49. The van der Waals surface area contributed by atoms with Crippen molar-refractivity contribution >= 4 is 27.5 Å². The highest BCUT2D eigenvalue weighted by Crippen LogP contribution is 2.23. The molecule has 1 N–H and O–H groups in total. The summed E-state index contributed by atoms with van der Waals surface area (Å²) in [4.78, 5) is 19.6. The Labute approximate surface area is 189 Å². The first-order valence-corrected chi connectivity index (χ1v) is 11.3. The second kappa shape index (κ2) is 9.19. The molecule has 0 unspecified atom stereocenters. The number of fused-ring (bicyclic) bond motifs is 2. The summed E-state index contributed by atoms with van der Waals surface area (Å²) in [7, 11) is 1.58. The van der Waals surface area contributed by atoms with Crippen molar-refractivity contribution in [2.75, 3.05) is 20.2 Å². The first-order chi connectivity index (χ1) is 15.7. The molecule has 1 aliphatic heterocycles. The van der Waals surface area contributed by atoms with E-state index in [4.69, 9.17) is 14.1 Å². The van der Waals surface area contributed by atoms with Crippen LogP contribution in [0.4, 0.5) is 0 Å². The maximum Gasteiger partial charge on any atom is 0.287 e. The molecule has 1 amide bonds. The van der Waals surface area contributed by atoms with Gasteiger partial charge in [0.2, 0.25) is 0 Å². The van der Waals surface area contributed by atoms with Gasteiger partial charge in [0, 0.05) is 33.2 Å². The highest BCUT2D eigenvalue weighted by atomic mass is 32.1. The Hall–Kier alpha value is -3.08. The molecule has 4 heterocycles. The fourth-order valence-corrected chi connectivity index (χ4v) is 4.87. The highest BCUT2D eigenvalue weighted by molar-refractivity contribution is 7.18. The molecule has 0 spiro atoms. The number of nitrogens with one attached hydrogen (secondary N) is 1. The van der Waals surface area contributed by atoms with E-state index in [2.05, 4.69) is 37.1 Å². The van der Waals surface area contributed by atoms with Gasteiger partial charge in [0.1, 0.15) is 23.2 Å². The third-order valence-electron chi connectivity index (χ3n) is 5.47. The van der Waals surface area contributed by atoms with E-state index >= 15 is 0 Å². The van der Waals surface area contributed by atoms with E-state index in [0.717, 1.165) is 54.8 Å². The Morgan fingerprint density at radius 3 is 2.97 bits per heavy atom. The van der Waals surface area contributed by atoms with Gasteiger partial charge in [0.15, 0.2) is 11.6 Å². The Bertz CT molecular complexity index is 1200. The second-order valence-corrected chi connectivity index (χ2v) is 8.78. The van der Waals surface area contributed by atoms with E-state index in [1.54, 1.807) is 30.6 Å². The molecule has 9 nitrogen and oxygen atoms in total. The zero-order chi connectivity index (χ0) is 21.9. The number of carbonyl (C=O) groups is 1. The Morgan fingerprint density at radius 1 is 1.19 bits per heavy atom. The van der Waals surface area contributed by atoms with Gasteiger partial charge >= 0.3 is 0 Å². The van der Waals surface area contributed by atoms with Crippen molar-refractivity contribution in [3.63, 3.8) is 0 Å². The SMILES string of the molecule is COCc1ccc(C(=O)NCc2nnc3n2CCN(Cc2nc4ccccc4s2)CC3)o1. The lowest BCUT2D eigenvalue weighted by Crippen LogP contribution is -2.27. The smallest absolute Gasteiger partial charge is 0.287 e. The fraction of sp³-hybridized carbons (Fsp3) is 0.364. The van der Waals surface area contributed by atoms with Crippen molar-refractivity contribution in [2.45, 2.75) is 32.7 Å². The van der Waals surface area contributed by atoms with Crippen LogP contribution in [-0.2, 0) is 37.4 Å². The first-order valence-electron chi connectivity index (χ1n) is 10.5. The van der Waals surface area contributed by atoms with Crippen LogP contribution in [0.5, 0.6) is 0 Å². The van der Waals surface area contributed by atoms with Crippen LogP contribution in [0.1, 0.15) is 33.0 Å². The standard InChI is InChI=1S/C22H24N6O3S/c1-30-14-15-6-7-17(31-15)22(29)23-12-20-26-25-19-8-9-27(10-11-28(19)20)13-21-24-16-4-2-3-5-18(16)32-21/h2-7H,8-14H2,1H3,(H,23,29). The number of ether oxygens (including phenoxy) is 1. The van der Waals surface area contributed by atoms with Crippen LogP contribution in [0.15, 0.2) is 40.8 Å². The molecule has 166 valence electrons. The molecule has 0 fully saturated rings. The number of methoxy groups -OCH3 is 1. The highest BCUT2D eigenvalue weighted by Gasteiger charge is 2.20. The van der Waals surface area contributed by atoms with Gasteiger partial charge in [-0.15, -0.1) is 21.5 Å². The van der Waals surface area contributed by atoms with E-state index in [0.29, 0.717) is 18.9 Å². The van der Waals surface area contributed by atoms with Crippen molar-refractivity contribution < 1.29 is 13.9 Å². The summed E-state index contributed by atoms with van der Waals surface area (Å²) >= 11 is 1.75. The van der Waals surface area contributed by atoms with E-state index < -0.39 is 0 Å². The Morgan fingerprint density at radius 2 is 2.09 bits per heavy atom. The molecule has 3 aromatic heterocycles. The molecule has 0 bridgehead atoms. The minimum atomic E-state index is -0.282. The van der Waals surface area contributed by atoms with Gasteiger partial charge in [-0.05, 0) is 24.3 Å². The molecule has 0 aliphatic carbocycles. The number of thiazole rings is 1. The predicted molar refractivity (Wildman–Crippen MR) is 119 cm³/mol. The molecule has 0 radical (unpaired) electrons. The number of amides is 1. The number of hydrogen-bond acceptors (Lipinski definition) is 8. The van der Waals surface area contributed by atoms with Crippen LogP contribution in [0.25, 0.3) is 10.2 Å².